The predicted octanol–water partition coefficient (Wildman–Crippen LogP) is 4.66. The first-order valence-electron chi connectivity index (χ1n) is 7.43. The van der Waals surface area contributed by atoms with Crippen molar-refractivity contribution in [3.8, 4) is 5.75 Å². The van der Waals surface area contributed by atoms with Gasteiger partial charge in [0.1, 0.15) is 5.75 Å². The summed E-state index contributed by atoms with van der Waals surface area (Å²) < 4.78 is 35.7. The van der Waals surface area contributed by atoms with E-state index in [0.29, 0.717) is 11.3 Å². The summed E-state index contributed by atoms with van der Waals surface area (Å²) in [6.45, 7) is 0. The van der Waals surface area contributed by atoms with E-state index in [1.807, 2.05) is 12.1 Å². The number of sulfonamides is 1. The highest BCUT2D eigenvalue weighted by Crippen LogP contribution is 2.19. The van der Waals surface area contributed by atoms with Crippen LogP contribution in [0.15, 0.2) is 98.7 Å². The molecule has 0 heterocycles. The summed E-state index contributed by atoms with van der Waals surface area (Å²) in [5.41, 5.74) is 0.576. The maximum absolute atomic E-state index is 12.6. The Balaban J connectivity index is 2.04. The Morgan fingerprint density at radius 3 is 1.96 bits per heavy atom. The first-order valence-corrected chi connectivity index (χ1v) is 9.67. The quantitative estimate of drug-likeness (QED) is 0.459. The molecule has 3 rings (SSSR count). The van der Waals surface area contributed by atoms with Crippen LogP contribution in [0.4, 0.5) is 0 Å². The molecule has 0 saturated carbocycles. The molecule has 0 radical (unpaired) electrons. The van der Waals surface area contributed by atoms with Gasteiger partial charge in [-0.1, -0.05) is 52.3 Å². The lowest BCUT2D eigenvalue weighted by Gasteiger charge is -2.09. The first kappa shape index (κ1) is 17.4. The van der Waals surface area contributed by atoms with E-state index < -0.39 is 10.0 Å². The van der Waals surface area contributed by atoms with Gasteiger partial charge in [-0.05, 0) is 48.5 Å². The van der Waals surface area contributed by atoms with E-state index in [-0.39, 0.29) is 10.8 Å². The second-order valence-corrected chi connectivity index (χ2v) is 7.63. The number of halogens is 1. The van der Waals surface area contributed by atoms with Gasteiger partial charge in [-0.15, -0.1) is 4.40 Å². The molecule has 0 aliphatic carbocycles. The van der Waals surface area contributed by atoms with Crippen LogP contribution in [0, 0.1) is 0 Å². The van der Waals surface area contributed by atoms with Crippen molar-refractivity contribution in [1.82, 2.24) is 0 Å². The average molecular weight is 416 g/mol. The molecule has 6 heteroatoms. The van der Waals surface area contributed by atoms with Gasteiger partial charge in [0.15, 0.2) is 0 Å². The first-order chi connectivity index (χ1) is 12.0. The minimum Gasteiger partial charge on any atom is -0.438 e. The van der Waals surface area contributed by atoms with Crippen LogP contribution in [-0.2, 0) is 10.0 Å². The monoisotopic (exact) mass is 415 g/mol. The van der Waals surface area contributed by atoms with Gasteiger partial charge >= 0.3 is 0 Å². The summed E-state index contributed by atoms with van der Waals surface area (Å²) >= 11 is 3.29. The van der Waals surface area contributed by atoms with Gasteiger partial charge in [-0.2, -0.15) is 8.42 Å². The van der Waals surface area contributed by atoms with Crippen molar-refractivity contribution in [3.63, 3.8) is 0 Å². The molecular formula is C19H14BrNO3S. The van der Waals surface area contributed by atoms with E-state index in [9.17, 15) is 8.42 Å². The van der Waals surface area contributed by atoms with Crippen LogP contribution in [-0.4, -0.2) is 14.3 Å². The van der Waals surface area contributed by atoms with Gasteiger partial charge in [-0.3, -0.25) is 0 Å². The molecule has 25 heavy (non-hydrogen) atoms. The summed E-state index contributed by atoms with van der Waals surface area (Å²) in [5.74, 6) is 0.533. The Bertz CT molecular complexity index is 970. The molecule has 0 spiro atoms. The lowest BCUT2D eigenvalue weighted by Crippen LogP contribution is -2.13. The molecule has 0 aliphatic heterocycles. The number of nitrogens with zero attached hydrogens (tertiary/aromatic N) is 1. The Morgan fingerprint density at radius 2 is 1.36 bits per heavy atom. The van der Waals surface area contributed by atoms with E-state index in [2.05, 4.69) is 20.3 Å². The number of para-hydroxylation sites is 1. The van der Waals surface area contributed by atoms with E-state index in [0.717, 1.165) is 4.47 Å². The largest absolute Gasteiger partial charge is 0.438 e. The number of ether oxygens (including phenoxy) is 1. The SMILES string of the molecule is O=S(=O)(/N=C(\Oc1ccccc1)c1ccccc1)c1ccc(Br)cc1. The zero-order valence-corrected chi connectivity index (χ0v) is 15.4. The second-order valence-electron chi connectivity index (χ2n) is 5.11. The molecule has 0 unspecified atom stereocenters. The number of hydrogen-bond acceptors (Lipinski definition) is 3. The summed E-state index contributed by atoms with van der Waals surface area (Å²) in [7, 11) is -3.90. The van der Waals surface area contributed by atoms with Gasteiger partial charge in [0.25, 0.3) is 10.0 Å². The van der Waals surface area contributed by atoms with Crippen LogP contribution < -0.4 is 4.74 Å². The predicted molar refractivity (Wildman–Crippen MR) is 101 cm³/mol. The van der Waals surface area contributed by atoms with E-state index in [1.54, 1.807) is 60.7 Å². The van der Waals surface area contributed by atoms with Gasteiger partial charge in [0, 0.05) is 10.0 Å². The lowest BCUT2D eigenvalue weighted by atomic mass is 10.2. The fourth-order valence-electron chi connectivity index (χ4n) is 2.08. The molecule has 0 aliphatic rings. The molecular weight excluding hydrogens is 402 g/mol. The van der Waals surface area contributed by atoms with Crippen LogP contribution in [0.3, 0.4) is 0 Å². The van der Waals surface area contributed by atoms with Crippen LogP contribution in [0.25, 0.3) is 0 Å². The normalized spacial score (nSPS) is 12.0. The van der Waals surface area contributed by atoms with E-state index in [1.165, 1.54) is 12.1 Å². The Labute approximate surface area is 155 Å². The molecule has 0 bridgehead atoms. The third kappa shape index (κ3) is 4.55. The zero-order valence-electron chi connectivity index (χ0n) is 13.0. The molecule has 126 valence electrons. The maximum Gasteiger partial charge on any atom is 0.285 e. The standard InChI is InChI=1S/C19H14BrNO3S/c20-16-11-13-18(14-12-16)25(22,23)21-19(15-7-3-1-4-8-15)24-17-9-5-2-6-10-17/h1-14H/b21-19-. The molecule has 0 saturated heterocycles. The molecule has 0 atom stereocenters. The molecule has 0 N–H and O–H groups in total. The molecule has 0 aromatic heterocycles. The Hall–Kier alpha value is -2.44. The fraction of sp³-hybridized carbons (Fsp3) is 0. The Morgan fingerprint density at radius 1 is 0.800 bits per heavy atom. The van der Waals surface area contributed by atoms with Crippen molar-refractivity contribution in [1.29, 1.82) is 0 Å². The minimum atomic E-state index is -3.90. The fourth-order valence-corrected chi connectivity index (χ4v) is 3.29. The van der Waals surface area contributed by atoms with Crippen LogP contribution in [0.1, 0.15) is 5.56 Å². The van der Waals surface area contributed by atoms with Crippen molar-refractivity contribution in [2.45, 2.75) is 4.90 Å². The van der Waals surface area contributed by atoms with Crippen molar-refractivity contribution in [2.24, 2.45) is 4.40 Å². The highest BCUT2D eigenvalue weighted by atomic mass is 79.9. The van der Waals surface area contributed by atoms with Gasteiger partial charge in [0.05, 0.1) is 4.90 Å². The van der Waals surface area contributed by atoms with Gasteiger partial charge in [0.2, 0.25) is 5.90 Å². The van der Waals surface area contributed by atoms with Gasteiger partial charge in [-0.25, -0.2) is 0 Å². The van der Waals surface area contributed by atoms with Crippen molar-refractivity contribution >= 4 is 31.9 Å². The smallest absolute Gasteiger partial charge is 0.285 e. The van der Waals surface area contributed by atoms with E-state index >= 15 is 0 Å². The number of benzene rings is 3. The van der Waals surface area contributed by atoms with E-state index in [4.69, 9.17) is 4.74 Å². The summed E-state index contributed by atoms with van der Waals surface area (Å²) in [5, 5.41) is 0. The minimum absolute atomic E-state index is 0.0229. The zero-order chi connectivity index (χ0) is 17.7. The number of rotatable bonds is 4. The Kier molecular flexibility index (Phi) is 5.31. The summed E-state index contributed by atoms with van der Waals surface area (Å²) in [4.78, 5) is 0.0980. The highest BCUT2D eigenvalue weighted by Gasteiger charge is 2.17. The van der Waals surface area contributed by atoms with Crippen molar-refractivity contribution in [2.75, 3.05) is 0 Å². The van der Waals surface area contributed by atoms with Crippen LogP contribution >= 0.6 is 15.9 Å². The third-order valence-electron chi connectivity index (χ3n) is 3.29. The lowest BCUT2D eigenvalue weighted by molar-refractivity contribution is 0.550. The summed E-state index contributed by atoms with van der Waals surface area (Å²) in [6.07, 6.45) is 0. The van der Waals surface area contributed by atoms with Crippen LogP contribution in [0.2, 0.25) is 0 Å². The maximum atomic E-state index is 12.6. The molecule has 3 aromatic rings. The highest BCUT2D eigenvalue weighted by molar-refractivity contribution is 9.10. The molecule has 4 nitrogen and oxygen atoms in total. The average Bonchev–Trinajstić information content (AvgIpc) is 2.63. The van der Waals surface area contributed by atoms with Crippen LogP contribution in [0.5, 0.6) is 5.75 Å². The molecule has 0 fully saturated rings. The van der Waals surface area contributed by atoms with Crippen molar-refractivity contribution in [3.05, 3.63) is 95.0 Å². The van der Waals surface area contributed by atoms with Gasteiger partial charge < -0.3 is 4.74 Å². The summed E-state index contributed by atoms with van der Waals surface area (Å²) in [6, 6.07) is 24.2. The third-order valence-corrected chi connectivity index (χ3v) is 5.10. The number of hydrogen-bond donors (Lipinski definition) is 0. The van der Waals surface area contributed by atoms with Crippen molar-refractivity contribution < 1.29 is 13.2 Å². The second kappa shape index (κ2) is 7.63. The molecule has 0 amide bonds. The topological polar surface area (TPSA) is 55.7 Å². The molecule has 3 aromatic carbocycles.